The number of carbonyl (C=O) groups excluding carboxylic acids is 1. The van der Waals surface area contributed by atoms with E-state index in [2.05, 4.69) is 31.7 Å². The van der Waals surface area contributed by atoms with Crippen LogP contribution in [0.25, 0.3) is 0 Å². The SMILES string of the molecule is Cc1nc(CN2CCC[C@@H](NCC(=O)NC3(C#N)CCCC3)C2)no1. The zero-order chi connectivity index (χ0) is 17.7. The molecule has 0 bridgehead atoms. The van der Waals surface area contributed by atoms with Gasteiger partial charge in [-0.25, -0.2) is 0 Å². The third-order valence-corrected chi connectivity index (χ3v) is 5.04. The molecule has 8 heteroatoms. The van der Waals surface area contributed by atoms with Crippen LogP contribution < -0.4 is 10.6 Å². The number of rotatable bonds is 6. The van der Waals surface area contributed by atoms with Crippen LogP contribution in [0.3, 0.4) is 0 Å². The van der Waals surface area contributed by atoms with Crippen molar-refractivity contribution in [2.75, 3.05) is 19.6 Å². The van der Waals surface area contributed by atoms with Crippen molar-refractivity contribution >= 4 is 5.91 Å². The Morgan fingerprint density at radius 2 is 2.24 bits per heavy atom. The first-order chi connectivity index (χ1) is 12.1. The van der Waals surface area contributed by atoms with E-state index in [0.29, 0.717) is 18.3 Å². The van der Waals surface area contributed by atoms with Crippen molar-refractivity contribution in [1.29, 1.82) is 5.26 Å². The Morgan fingerprint density at radius 3 is 2.92 bits per heavy atom. The van der Waals surface area contributed by atoms with Gasteiger partial charge in [0.1, 0.15) is 5.54 Å². The number of hydrogen-bond donors (Lipinski definition) is 2. The van der Waals surface area contributed by atoms with Crippen LogP contribution in [0.2, 0.25) is 0 Å². The number of amides is 1. The van der Waals surface area contributed by atoms with Crippen LogP contribution in [-0.2, 0) is 11.3 Å². The molecule has 1 amide bonds. The minimum absolute atomic E-state index is 0.0885. The molecule has 2 fully saturated rings. The van der Waals surface area contributed by atoms with Crippen molar-refractivity contribution in [3.8, 4) is 6.07 Å². The Morgan fingerprint density at radius 1 is 1.44 bits per heavy atom. The van der Waals surface area contributed by atoms with Crippen LogP contribution in [0.1, 0.15) is 50.2 Å². The fourth-order valence-electron chi connectivity index (χ4n) is 3.76. The van der Waals surface area contributed by atoms with Gasteiger partial charge in [-0.15, -0.1) is 0 Å². The second-order valence-electron chi connectivity index (χ2n) is 7.13. The summed E-state index contributed by atoms with van der Waals surface area (Å²) in [6.07, 6.45) is 5.65. The molecule has 8 nitrogen and oxygen atoms in total. The van der Waals surface area contributed by atoms with E-state index in [1.807, 2.05) is 0 Å². The number of nitriles is 1. The Hall–Kier alpha value is -1.98. The molecule has 1 aromatic rings. The van der Waals surface area contributed by atoms with E-state index < -0.39 is 5.54 Å². The van der Waals surface area contributed by atoms with E-state index in [9.17, 15) is 10.1 Å². The van der Waals surface area contributed by atoms with Crippen molar-refractivity contribution in [3.63, 3.8) is 0 Å². The molecular weight excluding hydrogens is 320 g/mol. The highest BCUT2D eigenvalue weighted by atomic mass is 16.5. The average molecular weight is 346 g/mol. The average Bonchev–Trinajstić information content (AvgIpc) is 3.23. The van der Waals surface area contributed by atoms with Crippen LogP contribution in [0.4, 0.5) is 0 Å². The summed E-state index contributed by atoms with van der Waals surface area (Å²) in [7, 11) is 0. The van der Waals surface area contributed by atoms with Gasteiger partial charge in [-0.1, -0.05) is 5.16 Å². The Kier molecular flexibility index (Phi) is 5.66. The van der Waals surface area contributed by atoms with Gasteiger partial charge >= 0.3 is 0 Å². The van der Waals surface area contributed by atoms with E-state index in [4.69, 9.17) is 4.52 Å². The van der Waals surface area contributed by atoms with E-state index in [1.165, 1.54) is 0 Å². The predicted octanol–water partition coefficient (Wildman–Crippen LogP) is 0.885. The maximum absolute atomic E-state index is 12.2. The topological polar surface area (TPSA) is 107 Å². The normalized spacial score (nSPS) is 23.3. The fraction of sp³-hybridized carbons (Fsp3) is 0.765. The van der Waals surface area contributed by atoms with Crippen molar-refractivity contribution in [2.24, 2.45) is 0 Å². The highest BCUT2D eigenvalue weighted by Crippen LogP contribution is 2.28. The van der Waals surface area contributed by atoms with Gasteiger partial charge in [0.2, 0.25) is 11.8 Å². The largest absolute Gasteiger partial charge is 0.340 e. The first kappa shape index (κ1) is 17.8. The lowest BCUT2D eigenvalue weighted by Crippen LogP contribution is -2.52. The van der Waals surface area contributed by atoms with Crippen molar-refractivity contribution in [1.82, 2.24) is 25.7 Å². The summed E-state index contributed by atoms with van der Waals surface area (Å²) in [6, 6.07) is 2.55. The number of aromatic nitrogens is 2. The predicted molar refractivity (Wildman–Crippen MR) is 90.3 cm³/mol. The van der Waals surface area contributed by atoms with E-state index in [1.54, 1.807) is 6.92 Å². The third-order valence-electron chi connectivity index (χ3n) is 5.04. The summed E-state index contributed by atoms with van der Waals surface area (Å²) in [5.41, 5.74) is -0.645. The van der Waals surface area contributed by atoms with Gasteiger partial charge in [-0.2, -0.15) is 10.2 Å². The first-order valence-electron chi connectivity index (χ1n) is 9.06. The molecular formula is C17H26N6O2. The molecule has 1 aliphatic carbocycles. The second kappa shape index (κ2) is 7.93. The van der Waals surface area contributed by atoms with E-state index in [0.717, 1.165) is 51.6 Å². The lowest BCUT2D eigenvalue weighted by atomic mass is 10.00. The molecule has 25 heavy (non-hydrogen) atoms. The molecule has 1 aromatic heterocycles. The van der Waals surface area contributed by atoms with Gasteiger partial charge in [-0.05, 0) is 45.1 Å². The fourth-order valence-corrected chi connectivity index (χ4v) is 3.76. The van der Waals surface area contributed by atoms with Gasteiger partial charge in [-0.3, -0.25) is 9.69 Å². The number of hydrogen-bond acceptors (Lipinski definition) is 7. The molecule has 0 unspecified atom stereocenters. The standard InChI is InChI=1S/C17H26N6O2/c1-13-20-15(22-25-13)11-23-8-4-5-14(10-23)19-9-16(24)21-17(12-18)6-2-3-7-17/h14,19H,2-11H2,1H3,(H,21,24)/t14-/m1/s1. The third kappa shape index (κ3) is 4.77. The van der Waals surface area contributed by atoms with Crippen LogP contribution in [0, 0.1) is 18.3 Å². The molecule has 2 N–H and O–H groups in total. The van der Waals surface area contributed by atoms with Crippen LogP contribution in [-0.4, -0.2) is 52.2 Å². The molecule has 0 spiro atoms. The van der Waals surface area contributed by atoms with Crippen LogP contribution in [0.5, 0.6) is 0 Å². The van der Waals surface area contributed by atoms with Gasteiger partial charge < -0.3 is 15.2 Å². The minimum Gasteiger partial charge on any atom is -0.340 e. The lowest BCUT2D eigenvalue weighted by Gasteiger charge is -2.32. The monoisotopic (exact) mass is 346 g/mol. The highest BCUT2D eigenvalue weighted by molar-refractivity contribution is 5.79. The maximum Gasteiger partial charge on any atom is 0.235 e. The summed E-state index contributed by atoms with van der Waals surface area (Å²) in [6.45, 7) is 4.55. The molecule has 1 atom stereocenters. The molecule has 1 aliphatic heterocycles. The van der Waals surface area contributed by atoms with E-state index in [-0.39, 0.29) is 18.5 Å². The van der Waals surface area contributed by atoms with Crippen LogP contribution >= 0.6 is 0 Å². The summed E-state index contributed by atoms with van der Waals surface area (Å²) >= 11 is 0. The Bertz CT molecular complexity index is 631. The smallest absolute Gasteiger partial charge is 0.235 e. The quantitative estimate of drug-likeness (QED) is 0.787. The number of aryl methyl sites for hydroxylation is 1. The molecule has 1 saturated carbocycles. The maximum atomic E-state index is 12.2. The van der Waals surface area contributed by atoms with Gasteiger partial charge in [0.05, 0.1) is 19.2 Å². The summed E-state index contributed by atoms with van der Waals surface area (Å²) < 4.78 is 5.01. The van der Waals surface area contributed by atoms with Crippen LogP contribution in [0.15, 0.2) is 4.52 Å². The molecule has 1 saturated heterocycles. The first-order valence-corrected chi connectivity index (χ1v) is 9.06. The molecule has 2 aliphatic rings. The number of likely N-dealkylation sites (tertiary alicyclic amines) is 1. The summed E-state index contributed by atoms with van der Waals surface area (Å²) in [5, 5.41) is 19.5. The van der Waals surface area contributed by atoms with Crippen molar-refractivity contribution < 1.29 is 9.32 Å². The van der Waals surface area contributed by atoms with Crippen molar-refractivity contribution in [2.45, 2.75) is 63.6 Å². The molecule has 136 valence electrons. The Labute approximate surface area is 147 Å². The Balaban J connectivity index is 1.43. The number of carbonyl (C=O) groups is 1. The summed E-state index contributed by atoms with van der Waals surface area (Å²) in [4.78, 5) is 18.7. The zero-order valence-electron chi connectivity index (χ0n) is 14.8. The molecule has 0 aromatic carbocycles. The minimum atomic E-state index is -0.645. The second-order valence-corrected chi connectivity index (χ2v) is 7.13. The number of nitrogens with one attached hydrogen (secondary N) is 2. The lowest BCUT2D eigenvalue weighted by molar-refractivity contribution is -0.121. The van der Waals surface area contributed by atoms with Crippen molar-refractivity contribution in [3.05, 3.63) is 11.7 Å². The van der Waals surface area contributed by atoms with Gasteiger partial charge in [0.25, 0.3) is 0 Å². The molecule has 2 heterocycles. The molecule has 0 radical (unpaired) electrons. The zero-order valence-corrected chi connectivity index (χ0v) is 14.8. The van der Waals surface area contributed by atoms with Gasteiger partial charge in [0.15, 0.2) is 5.82 Å². The highest BCUT2D eigenvalue weighted by Gasteiger charge is 2.35. The number of nitrogens with zero attached hydrogens (tertiary/aromatic N) is 4. The number of piperidine rings is 1. The summed E-state index contributed by atoms with van der Waals surface area (Å²) in [5.74, 6) is 1.19. The molecule has 3 rings (SSSR count). The van der Waals surface area contributed by atoms with Gasteiger partial charge in [0, 0.05) is 19.5 Å². The van der Waals surface area contributed by atoms with E-state index >= 15 is 0 Å².